The normalized spacial score (nSPS) is 17.2. The Morgan fingerprint density at radius 3 is 1.67 bits per heavy atom. The van der Waals surface area contributed by atoms with Crippen LogP contribution in [0.3, 0.4) is 0 Å². The van der Waals surface area contributed by atoms with Crippen molar-refractivity contribution in [3.8, 4) is 0 Å². The highest BCUT2D eigenvalue weighted by Crippen LogP contribution is 2.55. The van der Waals surface area contributed by atoms with Gasteiger partial charge in [-0.05, 0) is 69.2 Å². The van der Waals surface area contributed by atoms with Gasteiger partial charge in [-0.25, -0.2) is 24.8 Å². The predicted molar refractivity (Wildman–Crippen MR) is 219 cm³/mol. The summed E-state index contributed by atoms with van der Waals surface area (Å²) < 4.78 is 65.6. The zero-order valence-electron chi connectivity index (χ0n) is 36.2. The zero-order valence-corrected chi connectivity index (χ0v) is 38.0. The average Bonchev–Trinajstić information content (AvgIpc) is 3.69. The summed E-state index contributed by atoms with van der Waals surface area (Å²) in [5.41, 5.74) is 4.95. The van der Waals surface area contributed by atoms with Gasteiger partial charge < -0.3 is 47.7 Å². The van der Waals surface area contributed by atoms with Crippen molar-refractivity contribution in [1.82, 2.24) is 31.9 Å². The summed E-state index contributed by atoms with van der Waals surface area (Å²) in [6.45, 7) is 27.7. The predicted octanol–water partition coefficient (Wildman–Crippen LogP) is 3.60. The molecule has 2 aliphatic rings. The molecule has 2 saturated heterocycles. The lowest BCUT2D eigenvalue weighted by Gasteiger charge is -2.27. The van der Waals surface area contributed by atoms with Gasteiger partial charge in [-0.1, -0.05) is 31.9 Å². The van der Waals surface area contributed by atoms with E-state index in [1.165, 1.54) is 17.2 Å². The van der Waals surface area contributed by atoms with Crippen molar-refractivity contribution in [2.45, 2.75) is 98.2 Å². The Labute approximate surface area is 352 Å². The fraction of sp³-hybridized carbons (Fsp3) is 0.667. The largest absolute Gasteiger partial charge is 0.461 e. The molecule has 1 unspecified atom stereocenters. The van der Waals surface area contributed by atoms with Gasteiger partial charge >= 0.3 is 39.3 Å². The van der Waals surface area contributed by atoms with E-state index in [2.05, 4.69) is 46.6 Å². The number of carbonyl (C=O) groups excluding carboxylic acids is 6. The fourth-order valence-electron chi connectivity index (χ4n) is 4.44. The molecule has 24 heteroatoms. The molecule has 60 heavy (non-hydrogen) atoms. The maximum absolute atomic E-state index is 13.2. The van der Waals surface area contributed by atoms with Crippen LogP contribution in [-0.2, 0) is 65.4 Å². The molecule has 0 aromatic carbocycles. The molecule has 2 heterocycles. The minimum atomic E-state index is -3.89. The van der Waals surface area contributed by atoms with E-state index in [1.807, 2.05) is 0 Å². The molecule has 2 aliphatic heterocycles. The number of nitrogens with zero attached hydrogens (tertiary/aromatic N) is 1. The topological polar surface area (TPSA) is 274 Å². The number of ether oxygens (including phenoxy) is 4. The molecule has 2 rings (SSSR count). The second kappa shape index (κ2) is 26.9. The molecule has 4 amide bonds. The van der Waals surface area contributed by atoms with E-state index in [9.17, 15) is 37.9 Å². The molecular formula is C36H64N6O16P2. The van der Waals surface area contributed by atoms with E-state index < -0.39 is 74.2 Å². The molecule has 0 spiro atoms. The smallest absolute Gasteiger partial charge is 0.408 e. The van der Waals surface area contributed by atoms with Crippen molar-refractivity contribution >= 4 is 51.1 Å². The third-order valence-corrected chi connectivity index (χ3v) is 11.1. The monoisotopic (exact) mass is 898 g/mol. The SMILES string of the molecule is C=CCOC(=O)C(=C)P(=O)(OCC)OCC.C=CCOC(=O)C(CN1C[C@H](NC(=O)OC(C)(C)C)C(=O)N1)P(=O)(OCC)OCC.CC(C)(C)OC(=O)N[C@H]1CNNC1=O. The van der Waals surface area contributed by atoms with E-state index in [0.717, 1.165) is 0 Å². The quantitative estimate of drug-likeness (QED) is 0.0384. The third kappa shape index (κ3) is 21.4. The average molecular weight is 899 g/mol. The molecule has 0 bridgehead atoms. The van der Waals surface area contributed by atoms with E-state index in [4.69, 9.17) is 37.0 Å². The van der Waals surface area contributed by atoms with Gasteiger partial charge in [-0.2, -0.15) is 0 Å². The molecule has 0 radical (unpaired) electrons. The Hall–Kier alpha value is -4.14. The highest BCUT2D eigenvalue weighted by atomic mass is 31.2. The number of rotatable bonds is 20. The first kappa shape index (κ1) is 55.9. The minimum Gasteiger partial charge on any atom is -0.461 e. The van der Waals surface area contributed by atoms with Crippen molar-refractivity contribution in [3.05, 3.63) is 37.2 Å². The molecule has 0 aromatic heterocycles. The standard InChI is InChI=1S/C18H32N3O8P.C10H17O5P.C8H15N3O3/c1-7-10-26-16(23)14(30(25,27-8-2)28-9-3)12-21-11-13(15(22)20-21)19-17(24)29-18(4,5)6;1-5-8-13-10(11)9(4)16(12,14-6-2)15-7-3;1-8(2,3)14-7(13)10-5-4-9-11-6(5)12/h7,13-14H,1,8-12H2,2-6H3,(H,19,24)(H,20,22);5H,1,4,6-8H2,2-3H3;5,9H,4H2,1-3H3,(H,10,13)(H,11,12)/t13-,14?;;5-/m0.0/s1. The van der Waals surface area contributed by atoms with Crippen LogP contribution < -0.4 is 26.9 Å². The van der Waals surface area contributed by atoms with Crippen molar-refractivity contribution in [2.24, 2.45) is 0 Å². The number of nitrogens with one attached hydrogen (secondary N) is 5. The van der Waals surface area contributed by atoms with Gasteiger partial charge in [0.05, 0.1) is 26.4 Å². The number of carbonyl (C=O) groups is 6. The van der Waals surface area contributed by atoms with Gasteiger partial charge in [-0.3, -0.25) is 34.4 Å². The lowest BCUT2D eigenvalue weighted by atomic mass is 10.2. The molecule has 0 aliphatic carbocycles. The summed E-state index contributed by atoms with van der Waals surface area (Å²) in [6.07, 6.45) is 1.44. The maximum Gasteiger partial charge on any atom is 0.408 e. The molecule has 2 fully saturated rings. The van der Waals surface area contributed by atoms with Gasteiger partial charge in [0.2, 0.25) is 0 Å². The number of alkyl carbamates (subject to hydrolysis) is 2. The first-order chi connectivity index (χ1) is 27.8. The Bertz CT molecular complexity index is 1560. The van der Waals surface area contributed by atoms with Crippen molar-refractivity contribution in [2.75, 3.05) is 59.3 Å². The van der Waals surface area contributed by atoms with Crippen LogP contribution in [-0.4, -0.2) is 129 Å². The lowest BCUT2D eigenvalue weighted by molar-refractivity contribution is -0.143. The summed E-state index contributed by atoms with van der Waals surface area (Å²) in [5.74, 6) is -2.36. The third-order valence-electron chi connectivity index (χ3n) is 6.71. The summed E-state index contributed by atoms with van der Waals surface area (Å²) >= 11 is 0. The van der Waals surface area contributed by atoms with Gasteiger partial charge in [0.15, 0.2) is 5.66 Å². The fourth-order valence-corrected chi connectivity index (χ4v) is 7.68. The highest BCUT2D eigenvalue weighted by molar-refractivity contribution is 7.59. The summed E-state index contributed by atoms with van der Waals surface area (Å²) in [7, 11) is -7.50. The number of hydrogen-bond acceptors (Lipinski definition) is 18. The van der Waals surface area contributed by atoms with Gasteiger partial charge in [0.1, 0.15) is 41.8 Å². The zero-order chi connectivity index (χ0) is 46.3. The second-order valence-electron chi connectivity index (χ2n) is 14.1. The Morgan fingerprint density at radius 1 is 0.783 bits per heavy atom. The van der Waals surface area contributed by atoms with E-state index >= 15 is 0 Å². The van der Waals surface area contributed by atoms with Crippen LogP contribution in [0.1, 0.15) is 69.2 Å². The van der Waals surface area contributed by atoms with Crippen molar-refractivity contribution in [1.29, 1.82) is 0 Å². The molecule has 344 valence electrons. The number of esters is 2. The Balaban J connectivity index is 0.000000971. The minimum absolute atomic E-state index is 0.0154. The van der Waals surface area contributed by atoms with Crippen LogP contribution in [0.15, 0.2) is 37.2 Å². The first-order valence-corrected chi connectivity index (χ1v) is 22.1. The summed E-state index contributed by atoms with van der Waals surface area (Å²) in [5, 5.41) is 5.98. The molecule has 5 N–H and O–H groups in total. The molecule has 3 atom stereocenters. The molecular weight excluding hydrogens is 834 g/mol. The summed E-state index contributed by atoms with van der Waals surface area (Å²) in [6, 6.07) is -1.46. The second-order valence-corrected chi connectivity index (χ2v) is 18.4. The van der Waals surface area contributed by atoms with E-state index in [1.54, 1.807) is 69.2 Å². The maximum atomic E-state index is 13.2. The van der Waals surface area contributed by atoms with Crippen LogP contribution in [0, 0.1) is 0 Å². The summed E-state index contributed by atoms with van der Waals surface area (Å²) in [4.78, 5) is 70.4. The number of hydrogen-bond donors (Lipinski definition) is 5. The highest BCUT2D eigenvalue weighted by Gasteiger charge is 2.46. The first-order valence-electron chi connectivity index (χ1n) is 19.0. The van der Waals surface area contributed by atoms with Gasteiger partial charge in [0.25, 0.3) is 11.8 Å². The van der Waals surface area contributed by atoms with Crippen LogP contribution in [0.2, 0.25) is 0 Å². The molecule has 22 nitrogen and oxygen atoms in total. The number of hydrazine groups is 2. The van der Waals surface area contributed by atoms with Crippen molar-refractivity contribution < 1.29 is 74.9 Å². The Morgan fingerprint density at radius 2 is 1.25 bits per heavy atom. The molecule has 0 aromatic rings. The van der Waals surface area contributed by atoms with Crippen molar-refractivity contribution in [3.63, 3.8) is 0 Å². The van der Waals surface area contributed by atoms with E-state index in [0.29, 0.717) is 6.54 Å². The van der Waals surface area contributed by atoms with Gasteiger partial charge in [-0.15, -0.1) is 0 Å². The number of amides is 4. The Kier molecular flexibility index (Phi) is 25.1. The molecule has 0 saturated carbocycles. The van der Waals surface area contributed by atoms with Crippen LogP contribution in [0.4, 0.5) is 9.59 Å². The lowest BCUT2D eigenvalue weighted by Crippen LogP contribution is -2.44. The van der Waals surface area contributed by atoms with E-state index in [-0.39, 0.29) is 64.0 Å². The van der Waals surface area contributed by atoms with Crippen LogP contribution in [0.5, 0.6) is 0 Å². The van der Waals surface area contributed by atoms with Gasteiger partial charge in [0, 0.05) is 19.6 Å². The van der Waals surface area contributed by atoms with Crippen LogP contribution in [0.25, 0.3) is 0 Å². The van der Waals surface area contributed by atoms with Crippen LogP contribution >= 0.6 is 15.2 Å².